The number of rotatable bonds is 6. The lowest BCUT2D eigenvalue weighted by Crippen LogP contribution is -2.60. The summed E-state index contributed by atoms with van der Waals surface area (Å²) in [5, 5.41) is 2.93. The second-order valence-corrected chi connectivity index (χ2v) is 9.94. The van der Waals surface area contributed by atoms with Crippen LogP contribution in [0.2, 0.25) is 6.04 Å². The molecular formula is C17H23ClMgSi. The first-order valence-corrected chi connectivity index (χ1v) is 9.95. The van der Waals surface area contributed by atoms with Gasteiger partial charge in [-0.2, -0.15) is 0 Å². The summed E-state index contributed by atoms with van der Waals surface area (Å²) in [4.78, 5) is 0. The van der Waals surface area contributed by atoms with Gasteiger partial charge in [0.2, 0.25) is 0 Å². The highest BCUT2D eigenvalue weighted by atomic mass is 35.5. The molecule has 0 nitrogen and oxygen atoms in total. The monoisotopic (exact) mass is 314 g/mol. The van der Waals surface area contributed by atoms with E-state index < -0.39 is 8.07 Å². The van der Waals surface area contributed by atoms with Crippen LogP contribution >= 0.6 is 11.6 Å². The minimum absolute atomic E-state index is 0. The fraction of sp³-hybridized carbons (Fsp3) is 0.294. The molecule has 0 N–H and O–H groups in total. The molecule has 0 aliphatic rings. The van der Waals surface area contributed by atoms with Crippen LogP contribution in [0.5, 0.6) is 0 Å². The van der Waals surface area contributed by atoms with E-state index in [1.165, 1.54) is 29.3 Å². The molecule has 0 fully saturated rings. The van der Waals surface area contributed by atoms with Gasteiger partial charge in [0.25, 0.3) is 0 Å². The Labute approximate surface area is 144 Å². The maximum Gasteiger partial charge on any atom is 0.316 e. The summed E-state index contributed by atoms with van der Waals surface area (Å²) in [6.07, 6.45) is 2.48. The Bertz CT molecular complexity index is 447. The fourth-order valence-electron chi connectivity index (χ4n) is 2.67. The average molecular weight is 315 g/mol. The first-order valence-electron chi connectivity index (χ1n) is 7.00. The van der Waals surface area contributed by atoms with Crippen LogP contribution in [0.1, 0.15) is 19.8 Å². The van der Waals surface area contributed by atoms with E-state index in [2.05, 4.69) is 67.6 Å². The van der Waals surface area contributed by atoms with Crippen molar-refractivity contribution in [3.05, 3.63) is 60.7 Å². The van der Waals surface area contributed by atoms with E-state index in [4.69, 9.17) is 11.6 Å². The molecule has 0 atom stereocenters. The van der Waals surface area contributed by atoms with E-state index >= 15 is 0 Å². The molecule has 2 aromatic carbocycles. The lowest BCUT2D eigenvalue weighted by molar-refractivity contribution is 0.872. The Morgan fingerprint density at radius 1 is 0.850 bits per heavy atom. The second-order valence-electron chi connectivity index (χ2n) is 5.05. The van der Waals surface area contributed by atoms with Crippen molar-refractivity contribution in [3.63, 3.8) is 0 Å². The Balaban J connectivity index is 0.00000200. The molecule has 3 heteroatoms. The number of hydrogen-bond acceptors (Lipinski definition) is 0. The van der Waals surface area contributed by atoms with E-state index in [1.54, 1.807) is 0 Å². The maximum atomic E-state index is 6.49. The van der Waals surface area contributed by atoms with Crippen molar-refractivity contribution in [2.75, 3.05) is 5.50 Å². The molecule has 2 rings (SSSR count). The summed E-state index contributed by atoms with van der Waals surface area (Å²) in [7, 11) is -1.78. The summed E-state index contributed by atoms with van der Waals surface area (Å²) < 4.78 is 0. The summed E-state index contributed by atoms with van der Waals surface area (Å²) in [6.45, 7) is 2.25. The second kappa shape index (κ2) is 8.88. The van der Waals surface area contributed by atoms with Gasteiger partial charge in [-0.3, -0.25) is 0 Å². The van der Waals surface area contributed by atoms with Crippen molar-refractivity contribution < 1.29 is 0 Å². The Kier molecular flexibility index (Phi) is 7.89. The molecule has 0 radical (unpaired) electrons. The standard InChI is InChI=1S/C17H21ClSi.Mg.2H/c1-2-3-14-19(15-18,16-10-6-4-7-11-16)17-12-8-5-9-13-17;;;/h4-13H,2-3,14-15H2,1H3;;;. The van der Waals surface area contributed by atoms with Crippen LogP contribution in [0, 0.1) is 0 Å². The topological polar surface area (TPSA) is 0 Å². The average Bonchev–Trinajstić information content (AvgIpc) is 2.51. The zero-order valence-electron chi connectivity index (χ0n) is 11.5. The van der Waals surface area contributed by atoms with E-state index in [-0.39, 0.29) is 23.1 Å². The minimum atomic E-state index is -1.78. The molecule has 2 aromatic rings. The highest BCUT2D eigenvalue weighted by Crippen LogP contribution is 2.17. The normalized spacial score (nSPS) is 10.9. The van der Waals surface area contributed by atoms with Gasteiger partial charge in [-0.25, -0.2) is 0 Å². The van der Waals surface area contributed by atoms with Gasteiger partial charge in [-0.05, 0) is 6.04 Å². The summed E-state index contributed by atoms with van der Waals surface area (Å²) in [6, 6.07) is 23.0. The van der Waals surface area contributed by atoms with Crippen molar-refractivity contribution in [3.8, 4) is 0 Å². The number of alkyl halides is 1. The smallest absolute Gasteiger partial charge is 0.129 e. The van der Waals surface area contributed by atoms with Gasteiger partial charge in [0.15, 0.2) is 0 Å². The molecule has 0 aromatic heterocycles. The molecule has 0 amide bonds. The summed E-state index contributed by atoms with van der Waals surface area (Å²) in [5.41, 5.74) is 0.765. The van der Waals surface area contributed by atoms with Crippen LogP contribution in [-0.4, -0.2) is 36.6 Å². The van der Waals surface area contributed by atoms with Gasteiger partial charge < -0.3 is 0 Å². The van der Waals surface area contributed by atoms with Crippen molar-refractivity contribution >= 4 is 53.1 Å². The highest BCUT2D eigenvalue weighted by molar-refractivity contribution is 7.05. The predicted octanol–water partition coefficient (Wildman–Crippen LogP) is 2.91. The molecule has 0 unspecified atom stereocenters. The third kappa shape index (κ3) is 3.88. The lowest BCUT2D eigenvalue weighted by Gasteiger charge is -2.31. The SMILES string of the molecule is CCCC[Si](CCl)(c1ccccc1)c1ccccc1.[MgH2]. The predicted molar refractivity (Wildman–Crippen MR) is 96.9 cm³/mol. The number of unbranched alkanes of at least 4 members (excludes halogenated alkanes) is 1. The number of benzene rings is 2. The van der Waals surface area contributed by atoms with E-state index in [1.807, 2.05) is 0 Å². The zero-order chi connectivity index (χ0) is 13.6. The highest BCUT2D eigenvalue weighted by Gasteiger charge is 2.35. The van der Waals surface area contributed by atoms with E-state index in [0.29, 0.717) is 0 Å². The van der Waals surface area contributed by atoms with Crippen LogP contribution in [0.15, 0.2) is 60.7 Å². The van der Waals surface area contributed by atoms with Crippen LogP contribution in [0.25, 0.3) is 0 Å². The largest absolute Gasteiger partial charge is 0.316 e. The Hall–Kier alpha value is -0.287. The van der Waals surface area contributed by atoms with Crippen LogP contribution in [0.3, 0.4) is 0 Å². The molecule has 0 heterocycles. The van der Waals surface area contributed by atoms with Crippen molar-refractivity contribution in [2.24, 2.45) is 0 Å². The van der Waals surface area contributed by atoms with Gasteiger partial charge >= 0.3 is 23.1 Å². The maximum absolute atomic E-state index is 6.49. The fourth-order valence-corrected chi connectivity index (χ4v) is 7.97. The zero-order valence-corrected chi connectivity index (χ0v) is 13.2. The number of hydrogen-bond donors (Lipinski definition) is 0. The third-order valence-electron chi connectivity index (χ3n) is 3.84. The van der Waals surface area contributed by atoms with Crippen molar-refractivity contribution in [1.82, 2.24) is 0 Å². The Morgan fingerprint density at radius 3 is 1.65 bits per heavy atom. The molecule has 0 saturated heterocycles. The molecule has 0 aliphatic heterocycles. The third-order valence-corrected chi connectivity index (χ3v) is 9.75. The lowest BCUT2D eigenvalue weighted by atomic mass is 10.4. The van der Waals surface area contributed by atoms with Gasteiger partial charge in [-0.15, -0.1) is 11.6 Å². The van der Waals surface area contributed by atoms with Crippen molar-refractivity contribution in [2.45, 2.75) is 25.8 Å². The quantitative estimate of drug-likeness (QED) is 0.568. The van der Waals surface area contributed by atoms with E-state index in [9.17, 15) is 0 Å². The van der Waals surface area contributed by atoms with Crippen LogP contribution < -0.4 is 10.4 Å². The molecule has 0 spiro atoms. The molecule has 104 valence electrons. The van der Waals surface area contributed by atoms with Crippen LogP contribution in [-0.2, 0) is 0 Å². The van der Waals surface area contributed by atoms with E-state index in [0.717, 1.165) is 5.50 Å². The molecular weight excluding hydrogens is 292 g/mol. The van der Waals surface area contributed by atoms with Gasteiger partial charge in [0.1, 0.15) is 8.07 Å². The van der Waals surface area contributed by atoms with Crippen LogP contribution in [0.4, 0.5) is 0 Å². The van der Waals surface area contributed by atoms with Gasteiger partial charge in [0, 0.05) is 5.50 Å². The molecule has 0 bridgehead atoms. The first kappa shape index (κ1) is 17.8. The van der Waals surface area contributed by atoms with Gasteiger partial charge in [0.05, 0.1) is 0 Å². The van der Waals surface area contributed by atoms with Gasteiger partial charge in [-0.1, -0.05) is 90.8 Å². The van der Waals surface area contributed by atoms with Crippen molar-refractivity contribution in [1.29, 1.82) is 0 Å². The molecule has 0 aliphatic carbocycles. The number of halogens is 1. The molecule has 20 heavy (non-hydrogen) atoms. The first-order chi connectivity index (χ1) is 9.33. The summed E-state index contributed by atoms with van der Waals surface area (Å²) >= 11 is 6.49. The minimum Gasteiger partial charge on any atom is -0.129 e. The molecule has 0 saturated carbocycles. The summed E-state index contributed by atoms with van der Waals surface area (Å²) in [5.74, 6) is 0. The Morgan fingerprint density at radius 2 is 1.30 bits per heavy atom.